The fraction of sp³-hybridized carbons (Fsp3) is 0.143. The molecule has 50 heavy (non-hydrogen) atoms. The highest BCUT2D eigenvalue weighted by molar-refractivity contribution is 5.92. The Morgan fingerprint density at radius 3 is 1.72 bits per heavy atom. The molecule has 0 amide bonds. The Morgan fingerprint density at radius 1 is 0.560 bits per heavy atom. The number of allylic oxidation sites excluding steroid dienone is 2. The fourth-order valence-corrected chi connectivity index (χ4v) is 7.86. The van der Waals surface area contributed by atoms with Crippen molar-refractivity contribution in [2.24, 2.45) is 0 Å². The minimum Gasteiger partial charge on any atom is -0.338 e. The first kappa shape index (κ1) is 31.6. The number of anilines is 2. The maximum absolute atomic E-state index is 2.62. The number of hydrogen-bond donors (Lipinski definition) is 0. The Morgan fingerprint density at radius 2 is 1.12 bits per heavy atom. The van der Waals surface area contributed by atoms with Gasteiger partial charge in [-0.3, -0.25) is 0 Å². The summed E-state index contributed by atoms with van der Waals surface area (Å²) in [6.07, 6.45) is 12.8. The molecule has 1 heterocycles. The van der Waals surface area contributed by atoms with Crippen LogP contribution in [0.2, 0.25) is 0 Å². The number of hydrogen-bond acceptors (Lipinski definition) is 1. The zero-order valence-corrected chi connectivity index (χ0v) is 29.0. The van der Waals surface area contributed by atoms with Crippen molar-refractivity contribution >= 4 is 34.7 Å². The third-order valence-electron chi connectivity index (χ3n) is 10.5. The third-order valence-corrected chi connectivity index (χ3v) is 10.5. The van der Waals surface area contributed by atoms with Gasteiger partial charge in [0.05, 0.1) is 0 Å². The molecule has 1 fully saturated rings. The first-order chi connectivity index (χ1) is 24.6. The second kappa shape index (κ2) is 14.1. The van der Waals surface area contributed by atoms with E-state index >= 15 is 0 Å². The van der Waals surface area contributed by atoms with Crippen molar-refractivity contribution < 1.29 is 0 Å². The minimum atomic E-state index is 0.518. The summed E-state index contributed by atoms with van der Waals surface area (Å²) in [4.78, 5) is 2.62. The van der Waals surface area contributed by atoms with Crippen LogP contribution in [0.5, 0.6) is 0 Å². The van der Waals surface area contributed by atoms with Crippen LogP contribution in [0.25, 0.3) is 23.3 Å². The van der Waals surface area contributed by atoms with Gasteiger partial charge in [-0.2, -0.15) is 0 Å². The average molecular weight is 646 g/mol. The molecule has 0 radical (unpaired) electrons. The van der Waals surface area contributed by atoms with Crippen molar-refractivity contribution in [2.75, 3.05) is 4.90 Å². The summed E-state index contributed by atoms with van der Waals surface area (Å²) in [6.45, 7) is 4.29. The zero-order chi connectivity index (χ0) is 33.9. The normalized spacial score (nSPS) is 16.2. The molecule has 0 N–H and O–H groups in total. The van der Waals surface area contributed by atoms with Crippen molar-refractivity contribution in [3.05, 3.63) is 214 Å². The molecule has 1 heteroatoms. The lowest BCUT2D eigenvalue weighted by molar-refractivity contribution is 0.642. The Bertz CT molecular complexity index is 2080. The second-order valence-electron chi connectivity index (χ2n) is 13.8. The van der Waals surface area contributed by atoms with E-state index in [0.29, 0.717) is 12.0 Å². The van der Waals surface area contributed by atoms with Crippen molar-refractivity contribution in [1.29, 1.82) is 0 Å². The summed E-state index contributed by atoms with van der Waals surface area (Å²) < 4.78 is 0. The predicted molar refractivity (Wildman–Crippen MR) is 214 cm³/mol. The molecule has 1 saturated carbocycles. The van der Waals surface area contributed by atoms with Crippen LogP contribution in [0.3, 0.4) is 0 Å². The summed E-state index contributed by atoms with van der Waals surface area (Å²) in [6, 6.07) is 55.9. The highest BCUT2D eigenvalue weighted by Gasteiger charge is 2.42. The predicted octanol–water partition coefficient (Wildman–Crippen LogP) is 12.8. The van der Waals surface area contributed by atoms with Crippen LogP contribution < -0.4 is 4.90 Å². The van der Waals surface area contributed by atoms with E-state index in [2.05, 4.69) is 195 Å². The zero-order valence-electron chi connectivity index (χ0n) is 29.0. The van der Waals surface area contributed by atoms with E-state index in [1.165, 1.54) is 91.9 Å². The van der Waals surface area contributed by atoms with Crippen molar-refractivity contribution in [1.82, 2.24) is 0 Å². The van der Waals surface area contributed by atoms with E-state index in [4.69, 9.17) is 0 Å². The molecular weight excluding hydrogens is 603 g/mol. The highest BCUT2D eigenvalue weighted by Crippen LogP contribution is 2.52. The number of benzene rings is 6. The molecule has 6 aromatic rings. The molecule has 0 bridgehead atoms. The third kappa shape index (κ3) is 6.52. The number of aryl methyl sites for hydroxylation is 2. The van der Waals surface area contributed by atoms with E-state index < -0.39 is 0 Å². The van der Waals surface area contributed by atoms with Gasteiger partial charge in [-0.05, 0) is 107 Å². The summed E-state index contributed by atoms with van der Waals surface area (Å²) in [5, 5.41) is 0. The lowest BCUT2D eigenvalue weighted by Crippen LogP contribution is -2.26. The highest BCUT2D eigenvalue weighted by atomic mass is 15.2. The smallest absolute Gasteiger partial charge is 0.0450 e. The van der Waals surface area contributed by atoms with Gasteiger partial charge in [-0.25, -0.2) is 0 Å². The van der Waals surface area contributed by atoms with Gasteiger partial charge in [0.15, 0.2) is 0 Å². The maximum atomic E-state index is 2.62. The van der Waals surface area contributed by atoms with Crippen LogP contribution in [0.4, 0.5) is 11.4 Å². The SMILES string of the molecule is Cc1ccc(C(=Cc2ccc(N3c4ccc(C=CC=C(c5ccccc5)c5ccccc5)cc4C4CCCC43)cc2)c2ccc(C)cc2)cc1. The molecule has 1 nitrogen and oxygen atoms in total. The minimum absolute atomic E-state index is 0.518. The average Bonchev–Trinajstić information content (AvgIpc) is 3.76. The molecule has 0 spiro atoms. The summed E-state index contributed by atoms with van der Waals surface area (Å²) in [5.74, 6) is 0.576. The van der Waals surface area contributed by atoms with E-state index in [9.17, 15) is 0 Å². The van der Waals surface area contributed by atoms with E-state index in [1.54, 1.807) is 0 Å². The van der Waals surface area contributed by atoms with Gasteiger partial charge >= 0.3 is 0 Å². The van der Waals surface area contributed by atoms with Gasteiger partial charge in [-0.1, -0.05) is 163 Å². The van der Waals surface area contributed by atoms with Gasteiger partial charge in [0.1, 0.15) is 0 Å². The monoisotopic (exact) mass is 645 g/mol. The molecule has 2 unspecified atom stereocenters. The quantitative estimate of drug-likeness (QED) is 0.118. The van der Waals surface area contributed by atoms with Crippen molar-refractivity contribution in [3.8, 4) is 0 Å². The van der Waals surface area contributed by atoms with Crippen molar-refractivity contribution in [3.63, 3.8) is 0 Å². The van der Waals surface area contributed by atoms with Crippen LogP contribution in [-0.2, 0) is 0 Å². The van der Waals surface area contributed by atoms with Crippen LogP contribution in [0.15, 0.2) is 164 Å². The first-order valence-corrected chi connectivity index (χ1v) is 18.0. The molecular formula is C49H43N. The standard InChI is InChI=1S/C49H43N/c1-35-19-26-41(27-20-35)46(42-28-21-36(2)22-29-42)33-38-23-30-43(31-24-38)50-48-18-10-17-45(48)47-34-37(25-32-49(47)50)11-9-16-44(39-12-5-3-6-13-39)40-14-7-4-8-15-40/h3-9,11-16,19-34,45,48H,10,17-18H2,1-2H3. The largest absolute Gasteiger partial charge is 0.338 e. The molecule has 6 aromatic carbocycles. The van der Waals surface area contributed by atoms with E-state index in [1.807, 2.05) is 0 Å². The van der Waals surface area contributed by atoms with Gasteiger partial charge in [0.2, 0.25) is 0 Å². The Labute approximate surface area is 297 Å². The van der Waals surface area contributed by atoms with Crippen LogP contribution in [-0.4, -0.2) is 6.04 Å². The van der Waals surface area contributed by atoms with Gasteiger partial charge in [-0.15, -0.1) is 0 Å². The lowest BCUT2D eigenvalue weighted by Gasteiger charge is -2.27. The van der Waals surface area contributed by atoms with E-state index in [-0.39, 0.29) is 0 Å². The number of nitrogens with zero attached hydrogens (tertiary/aromatic N) is 1. The van der Waals surface area contributed by atoms with Crippen LogP contribution >= 0.6 is 0 Å². The van der Waals surface area contributed by atoms with Crippen LogP contribution in [0.1, 0.15) is 75.3 Å². The van der Waals surface area contributed by atoms with E-state index in [0.717, 1.165) is 0 Å². The summed E-state index contributed by atoms with van der Waals surface area (Å²) >= 11 is 0. The molecule has 1 aliphatic carbocycles. The van der Waals surface area contributed by atoms with Crippen molar-refractivity contribution in [2.45, 2.75) is 45.1 Å². The summed E-state index contributed by atoms with van der Waals surface area (Å²) in [7, 11) is 0. The molecule has 244 valence electrons. The fourth-order valence-electron chi connectivity index (χ4n) is 7.86. The maximum Gasteiger partial charge on any atom is 0.0450 e. The van der Waals surface area contributed by atoms with Gasteiger partial charge in [0.25, 0.3) is 0 Å². The lowest BCUT2D eigenvalue weighted by atomic mass is 9.94. The summed E-state index contributed by atoms with van der Waals surface area (Å²) in [5.41, 5.74) is 16.6. The molecule has 0 saturated heterocycles. The topological polar surface area (TPSA) is 3.24 Å². The Kier molecular flexibility index (Phi) is 8.88. The first-order valence-electron chi connectivity index (χ1n) is 18.0. The number of rotatable bonds is 8. The van der Waals surface area contributed by atoms with Crippen LogP contribution in [0, 0.1) is 13.8 Å². The number of fused-ring (bicyclic) bond motifs is 3. The van der Waals surface area contributed by atoms with Gasteiger partial charge < -0.3 is 4.90 Å². The Hall–Kier alpha value is -5.66. The molecule has 8 rings (SSSR count). The second-order valence-corrected chi connectivity index (χ2v) is 13.8. The van der Waals surface area contributed by atoms with Gasteiger partial charge in [0, 0.05) is 23.3 Å². The molecule has 1 aliphatic heterocycles. The molecule has 2 aliphatic rings. The molecule has 0 aromatic heterocycles. The molecule has 2 atom stereocenters. The Balaban J connectivity index is 1.08.